The summed E-state index contributed by atoms with van der Waals surface area (Å²) in [6, 6.07) is 4.34. The van der Waals surface area contributed by atoms with Gasteiger partial charge in [0.15, 0.2) is 5.82 Å². The van der Waals surface area contributed by atoms with Gasteiger partial charge in [-0.2, -0.15) is 0 Å². The van der Waals surface area contributed by atoms with Gasteiger partial charge in [-0.3, -0.25) is 10.4 Å². The molecule has 0 saturated carbocycles. The van der Waals surface area contributed by atoms with Gasteiger partial charge >= 0.3 is 0 Å². The van der Waals surface area contributed by atoms with Crippen molar-refractivity contribution < 1.29 is 4.39 Å². The summed E-state index contributed by atoms with van der Waals surface area (Å²) in [6.07, 6.45) is 7.20. The van der Waals surface area contributed by atoms with E-state index in [4.69, 9.17) is 11.1 Å². The predicted octanol–water partition coefficient (Wildman–Crippen LogP) is 3.97. The zero-order valence-electron chi connectivity index (χ0n) is 17.1. The van der Waals surface area contributed by atoms with Crippen molar-refractivity contribution in [3.8, 4) is 0 Å². The van der Waals surface area contributed by atoms with Crippen LogP contribution in [0.2, 0.25) is 0 Å². The highest BCUT2D eigenvalue weighted by Gasteiger charge is 2.21. The Morgan fingerprint density at radius 2 is 2.13 bits per heavy atom. The molecular formula is C23H25FN6. The van der Waals surface area contributed by atoms with E-state index in [1.807, 2.05) is 18.5 Å². The molecule has 2 aromatic heterocycles. The quantitative estimate of drug-likeness (QED) is 0.467. The summed E-state index contributed by atoms with van der Waals surface area (Å²) in [4.78, 5) is 11.9. The fourth-order valence-electron chi connectivity index (χ4n) is 3.75. The SMILES string of the molecule is CCNCc1cncc(C2=CC(C(=N)c3nc4ccc(F)cc4[nH]3)=C(N)CC2)c1C. The number of aromatic amines is 1. The van der Waals surface area contributed by atoms with E-state index in [-0.39, 0.29) is 11.5 Å². The second kappa shape index (κ2) is 8.20. The molecule has 0 aliphatic heterocycles. The molecule has 0 saturated heterocycles. The highest BCUT2D eigenvalue weighted by atomic mass is 19.1. The molecule has 0 unspecified atom stereocenters. The van der Waals surface area contributed by atoms with Crippen LogP contribution in [0.3, 0.4) is 0 Å². The first-order valence-electron chi connectivity index (χ1n) is 10.1. The lowest BCUT2D eigenvalue weighted by Crippen LogP contribution is -2.16. The molecule has 6 nitrogen and oxygen atoms in total. The fraction of sp³-hybridized carbons (Fsp3) is 0.261. The highest BCUT2D eigenvalue weighted by Crippen LogP contribution is 2.32. The van der Waals surface area contributed by atoms with Crippen LogP contribution in [0.5, 0.6) is 0 Å². The third-order valence-electron chi connectivity index (χ3n) is 5.51. The second-order valence-corrected chi connectivity index (χ2v) is 7.48. The molecule has 0 amide bonds. The number of nitrogens with one attached hydrogen (secondary N) is 3. The molecule has 2 heterocycles. The molecule has 1 aliphatic rings. The maximum absolute atomic E-state index is 13.5. The minimum Gasteiger partial charge on any atom is -0.401 e. The molecule has 5 N–H and O–H groups in total. The minimum atomic E-state index is -0.344. The number of allylic oxidation sites excluding steroid dienone is 4. The fourth-order valence-corrected chi connectivity index (χ4v) is 3.75. The van der Waals surface area contributed by atoms with Crippen molar-refractivity contribution in [1.29, 1.82) is 5.41 Å². The number of rotatable bonds is 6. The Kier molecular flexibility index (Phi) is 5.46. The molecule has 7 heteroatoms. The summed E-state index contributed by atoms with van der Waals surface area (Å²) in [5, 5.41) is 12.0. The first-order valence-corrected chi connectivity index (χ1v) is 10.1. The normalized spacial score (nSPS) is 14.3. The summed E-state index contributed by atoms with van der Waals surface area (Å²) < 4.78 is 13.5. The van der Waals surface area contributed by atoms with Gasteiger partial charge in [0.05, 0.1) is 11.0 Å². The number of H-pyrrole nitrogens is 1. The number of aromatic nitrogens is 3. The van der Waals surface area contributed by atoms with E-state index < -0.39 is 0 Å². The molecule has 0 bridgehead atoms. The molecule has 30 heavy (non-hydrogen) atoms. The maximum atomic E-state index is 13.5. The Labute approximate surface area is 174 Å². The van der Waals surface area contributed by atoms with Crippen molar-refractivity contribution in [2.75, 3.05) is 6.54 Å². The van der Waals surface area contributed by atoms with E-state index >= 15 is 0 Å². The third kappa shape index (κ3) is 3.76. The van der Waals surface area contributed by atoms with E-state index in [1.165, 1.54) is 17.7 Å². The molecule has 0 fully saturated rings. The highest BCUT2D eigenvalue weighted by molar-refractivity contribution is 6.13. The van der Waals surface area contributed by atoms with Crippen LogP contribution in [0.4, 0.5) is 4.39 Å². The summed E-state index contributed by atoms with van der Waals surface area (Å²) in [7, 11) is 0. The average Bonchev–Trinajstić information content (AvgIpc) is 3.16. The van der Waals surface area contributed by atoms with Gasteiger partial charge in [-0.25, -0.2) is 9.37 Å². The van der Waals surface area contributed by atoms with Gasteiger partial charge < -0.3 is 16.0 Å². The summed E-state index contributed by atoms with van der Waals surface area (Å²) in [6.45, 7) is 5.85. The first kappa shape index (κ1) is 20.0. The molecule has 0 spiro atoms. The molecular weight excluding hydrogens is 379 g/mol. The number of hydrogen-bond donors (Lipinski definition) is 4. The molecule has 0 atom stereocenters. The van der Waals surface area contributed by atoms with Crippen molar-refractivity contribution in [2.24, 2.45) is 5.73 Å². The van der Waals surface area contributed by atoms with Gasteiger partial charge in [0, 0.05) is 30.2 Å². The average molecular weight is 404 g/mol. The van der Waals surface area contributed by atoms with Crippen LogP contribution in [0, 0.1) is 18.2 Å². The molecule has 4 rings (SSSR count). The number of benzene rings is 1. The minimum absolute atomic E-state index is 0.204. The molecule has 1 aliphatic carbocycles. The van der Waals surface area contributed by atoms with Crippen LogP contribution in [-0.2, 0) is 6.54 Å². The number of imidazole rings is 1. The van der Waals surface area contributed by atoms with Gasteiger partial charge in [0.1, 0.15) is 11.5 Å². The Bertz CT molecular complexity index is 1190. The lowest BCUT2D eigenvalue weighted by Gasteiger charge is -2.20. The Morgan fingerprint density at radius 1 is 1.30 bits per heavy atom. The summed E-state index contributed by atoms with van der Waals surface area (Å²) >= 11 is 0. The lowest BCUT2D eigenvalue weighted by atomic mass is 9.88. The first-order chi connectivity index (χ1) is 14.5. The second-order valence-electron chi connectivity index (χ2n) is 7.48. The van der Waals surface area contributed by atoms with Crippen molar-refractivity contribution in [2.45, 2.75) is 33.2 Å². The van der Waals surface area contributed by atoms with E-state index in [0.717, 1.165) is 36.2 Å². The Hall–Kier alpha value is -3.32. The molecule has 154 valence electrons. The van der Waals surface area contributed by atoms with Gasteiger partial charge in [-0.1, -0.05) is 6.92 Å². The molecule has 0 radical (unpaired) electrons. The number of nitrogens with zero attached hydrogens (tertiary/aromatic N) is 2. The van der Waals surface area contributed by atoms with E-state index in [2.05, 4.69) is 34.1 Å². The zero-order chi connectivity index (χ0) is 21.3. The van der Waals surface area contributed by atoms with Crippen LogP contribution < -0.4 is 11.1 Å². The summed E-state index contributed by atoms with van der Waals surface area (Å²) in [5.74, 6) is 0.0324. The van der Waals surface area contributed by atoms with Gasteiger partial charge in [-0.15, -0.1) is 0 Å². The number of fused-ring (bicyclic) bond motifs is 1. The maximum Gasteiger partial charge on any atom is 0.157 e. The molecule has 1 aromatic carbocycles. The molecule has 3 aromatic rings. The lowest BCUT2D eigenvalue weighted by molar-refractivity contribution is 0.629. The van der Waals surface area contributed by atoms with Crippen molar-refractivity contribution >= 4 is 22.3 Å². The zero-order valence-corrected chi connectivity index (χ0v) is 17.1. The van der Waals surface area contributed by atoms with Gasteiger partial charge in [0.25, 0.3) is 0 Å². The third-order valence-corrected chi connectivity index (χ3v) is 5.51. The number of halogens is 1. The van der Waals surface area contributed by atoms with E-state index in [0.29, 0.717) is 34.5 Å². The standard InChI is InChI=1S/C23H25FN6/c1-3-27-10-15-11-28-12-18(13(15)2)14-4-6-19(25)17(8-14)22(26)23-29-20-7-5-16(24)9-21(20)30-23/h5,7-9,11-12,26-27H,3-4,6,10,25H2,1-2H3,(H,29,30). The topological polar surface area (TPSA) is 103 Å². The number of pyridine rings is 1. The summed E-state index contributed by atoms with van der Waals surface area (Å²) in [5.41, 5.74) is 13.5. The number of hydrogen-bond acceptors (Lipinski definition) is 5. The van der Waals surface area contributed by atoms with Crippen LogP contribution in [0.15, 0.2) is 47.9 Å². The van der Waals surface area contributed by atoms with E-state index in [1.54, 1.807) is 6.07 Å². The smallest absolute Gasteiger partial charge is 0.157 e. The van der Waals surface area contributed by atoms with Crippen LogP contribution in [0.25, 0.3) is 16.6 Å². The van der Waals surface area contributed by atoms with Crippen molar-refractivity contribution in [3.05, 3.63) is 76.3 Å². The number of nitrogens with two attached hydrogens (primary N) is 1. The van der Waals surface area contributed by atoms with Gasteiger partial charge in [0.2, 0.25) is 0 Å². The van der Waals surface area contributed by atoms with E-state index in [9.17, 15) is 4.39 Å². The van der Waals surface area contributed by atoms with Crippen LogP contribution >= 0.6 is 0 Å². The van der Waals surface area contributed by atoms with Gasteiger partial charge in [-0.05, 0) is 72.8 Å². The Balaban J connectivity index is 1.69. The van der Waals surface area contributed by atoms with Crippen molar-refractivity contribution in [1.82, 2.24) is 20.3 Å². The van der Waals surface area contributed by atoms with Crippen LogP contribution in [-0.4, -0.2) is 27.2 Å². The predicted molar refractivity (Wildman–Crippen MR) is 118 cm³/mol. The van der Waals surface area contributed by atoms with Crippen LogP contribution in [0.1, 0.15) is 42.3 Å². The Morgan fingerprint density at radius 3 is 2.93 bits per heavy atom. The largest absolute Gasteiger partial charge is 0.401 e. The monoisotopic (exact) mass is 404 g/mol. The van der Waals surface area contributed by atoms with Crippen molar-refractivity contribution in [3.63, 3.8) is 0 Å².